The van der Waals surface area contributed by atoms with Gasteiger partial charge in [-0.1, -0.05) is 12.8 Å². The lowest BCUT2D eigenvalue weighted by Gasteiger charge is -2.09. The Morgan fingerprint density at radius 2 is 1.90 bits per heavy atom. The Labute approximate surface area is 117 Å². The molecule has 1 fully saturated rings. The largest absolute Gasteiger partial charge is 0.471 e. The lowest BCUT2D eigenvalue weighted by atomic mass is 10.1. The van der Waals surface area contributed by atoms with Crippen molar-refractivity contribution in [3.8, 4) is 0 Å². The molecule has 0 spiro atoms. The first-order valence-corrected chi connectivity index (χ1v) is 8.00. The number of nitrogens with one attached hydrogen (secondary N) is 1. The lowest BCUT2D eigenvalue weighted by molar-refractivity contribution is 0.557. The number of furan rings is 1. The number of aromatic nitrogens is 2. The monoisotopic (exact) mass is 293 g/mol. The summed E-state index contributed by atoms with van der Waals surface area (Å²) in [6.07, 6.45) is 10.2. The topological polar surface area (TPSA) is 85.1 Å². The first kappa shape index (κ1) is 13.1. The van der Waals surface area contributed by atoms with E-state index in [9.17, 15) is 8.42 Å². The van der Waals surface area contributed by atoms with Crippen molar-refractivity contribution < 1.29 is 12.8 Å². The zero-order valence-corrected chi connectivity index (χ0v) is 11.6. The molecule has 0 unspecified atom stereocenters. The van der Waals surface area contributed by atoms with Gasteiger partial charge in [0.25, 0.3) is 10.0 Å². The average molecular weight is 293 g/mol. The third kappa shape index (κ3) is 2.67. The molecule has 1 aliphatic rings. The second kappa shape index (κ2) is 5.24. The van der Waals surface area contributed by atoms with Gasteiger partial charge in [0.2, 0.25) is 0 Å². The highest BCUT2D eigenvalue weighted by Gasteiger charge is 2.20. The highest BCUT2D eigenvalue weighted by molar-refractivity contribution is 7.92. The van der Waals surface area contributed by atoms with Crippen molar-refractivity contribution >= 4 is 15.7 Å². The minimum Gasteiger partial charge on any atom is -0.471 e. The van der Waals surface area contributed by atoms with E-state index in [4.69, 9.17) is 4.42 Å². The van der Waals surface area contributed by atoms with Crippen molar-refractivity contribution in [2.75, 3.05) is 4.72 Å². The van der Waals surface area contributed by atoms with Crippen molar-refractivity contribution in [2.24, 2.45) is 0 Å². The lowest BCUT2D eigenvalue weighted by Crippen LogP contribution is -2.13. The van der Waals surface area contributed by atoms with Crippen molar-refractivity contribution in [3.63, 3.8) is 0 Å². The molecule has 1 aliphatic carbocycles. The second-order valence-corrected chi connectivity index (χ2v) is 6.56. The summed E-state index contributed by atoms with van der Waals surface area (Å²) in [5.74, 6) is 1.21. The van der Waals surface area contributed by atoms with Crippen molar-refractivity contribution in [3.05, 3.63) is 36.8 Å². The maximum Gasteiger partial charge on any atom is 0.265 e. The number of sulfonamides is 1. The highest BCUT2D eigenvalue weighted by Crippen LogP contribution is 2.32. The Bertz CT molecular complexity index is 659. The van der Waals surface area contributed by atoms with Crippen LogP contribution >= 0.6 is 0 Å². The Morgan fingerprint density at radius 1 is 1.20 bits per heavy atom. The summed E-state index contributed by atoms with van der Waals surface area (Å²) in [5.41, 5.74) is 0.355. The molecular formula is C13H15N3O3S. The minimum atomic E-state index is -3.63. The van der Waals surface area contributed by atoms with Crippen molar-refractivity contribution in [1.82, 2.24) is 9.97 Å². The zero-order chi connectivity index (χ0) is 14.0. The molecule has 0 bridgehead atoms. The number of anilines is 1. The molecular weight excluding hydrogens is 278 g/mol. The van der Waals surface area contributed by atoms with Crippen LogP contribution in [0.1, 0.15) is 37.4 Å². The number of hydrogen-bond acceptors (Lipinski definition) is 5. The molecule has 0 atom stereocenters. The van der Waals surface area contributed by atoms with Crippen LogP contribution in [0.5, 0.6) is 0 Å². The predicted molar refractivity (Wildman–Crippen MR) is 72.8 cm³/mol. The molecule has 0 aromatic carbocycles. The van der Waals surface area contributed by atoms with Gasteiger partial charge in [-0.3, -0.25) is 4.72 Å². The normalized spacial score (nSPS) is 16.4. The van der Waals surface area contributed by atoms with Crippen LogP contribution in [0.3, 0.4) is 0 Å². The van der Waals surface area contributed by atoms with E-state index >= 15 is 0 Å². The maximum absolute atomic E-state index is 12.0. The Kier molecular flexibility index (Phi) is 3.43. The average Bonchev–Trinajstić information content (AvgIpc) is 3.13. The molecule has 7 heteroatoms. The molecule has 106 valence electrons. The molecule has 0 aliphatic heterocycles. The van der Waals surface area contributed by atoms with E-state index in [1.807, 2.05) is 0 Å². The second-order valence-electron chi connectivity index (χ2n) is 4.88. The third-order valence-corrected chi connectivity index (χ3v) is 4.81. The quantitative estimate of drug-likeness (QED) is 0.936. The van der Waals surface area contributed by atoms with Gasteiger partial charge in [0.05, 0.1) is 24.3 Å². The molecule has 1 saturated carbocycles. The van der Waals surface area contributed by atoms with E-state index in [1.165, 1.54) is 43.8 Å². The molecule has 0 radical (unpaired) electrons. The van der Waals surface area contributed by atoms with E-state index in [0.29, 0.717) is 11.6 Å². The SMILES string of the molecule is O=S(=O)(Nc1cnc(C2CCCC2)nc1)c1ccoc1. The van der Waals surface area contributed by atoms with Crippen LogP contribution in [0.25, 0.3) is 0 Å². The molecule has 2 aromatic rings. The van der Waals surface area contributed by atoms with Crippen molar-refractivity contribution in [2.45, 2.75) is 36.5 Å². The molecule has 2 heterocycles. The van der Waals surface area contributed by atoms with Gasteiger partial charge in [-0.15, -0.1) is 0 Å². The Hall–Kier alpha value is -1.89. The van der Waals surface area contributed by atoms with Gasteiger partial charge in [0, 0.05) is 5.92 Å². The van der Waals surface area contributed by atoms with Gasteiger partial charge in [-0.2, -0.15) is 0 Å². The summed E-state index contributed by atoms with van der Waals surface area (Å²) in [7, 11) is -3.63. The van der Waals surface area contributed by atoms with Gasteiger partial charge >= 0.3 is 0 Å². The van der Waals surface area contributed by atoms with Crippen LogP contribution in [-0.2, 0) is 10.0 Å². The summed E-state index contributed by atoms with van der Waals surface area (Å²) in [6.45, 7) is 0. The van der Waals surface area contributed by atoms with Gasteiger partial charge in [-0.05, 0) is 18.9 Å². The van der Waals surface area contributed by atoms with Crippen LogP contribution < -0.4 is 4.72 Å². The molecule has 20 heavy (non-hydrogen) atoms. The Morgan fingerprint density at radius 3 is 2.50 bits per heavy atom. The van der Waals surface area contributed by atoms with Crippen LogP contribution in [0, 0.1) is 0 Å². The van der Waals surface area contributed by atoms with E-state index in [2.05, 4.69) is 14.7 Å². The predicted octanol–water partition coefficient (Wildman–Crippen LogP) is 2.53. The zero-order valence-electron chi connectivity index (χ0n) is 10.8. The van der Waals surface area contributed by atoms with Gasteiger partial charge in [0.1, 0.15) is 17.0 Å². The number of hydrogen-bond donors (Lipinski definition) is 1. The summed E-state index contributed by atoms with van der Waals surface area (Å²) < 4.78 is 31.2. The third-order valence-electron chi connectivity index (χ3n) is 3.45. The van der Waals surface area contributed by atoms with Crippen LogP contribution in [0.15, 0.2) is 40.3 Å². The van der Waals surface area contributed by atoms with E-state index < -0.39 is 10.0 Å². The van der Waals surface area contributed by atoms with Gasteiger partial charge in [0.15, 0.2) is 0 Å². The molecule has 2 aromatic heterocycles. The van der Waals surface area contributed by atoms with Crippen LogP contribution in [0.4, 0.5) is 5.69 Å². The summed E-state index contributed by atoms with van der Waals surface area (Å²) in [4.78, 5) is 8.61. The van der Waals surface area contributed by atoms with Gasteiger partial charge < -0.3 is 4.42 Å². The fourth-order valence-electron chi connectivity index (χ4n) is 2.40. The molecule has 6 nitrogen and oxygen atoms in total. The number of nitrogens with zero attached hydrogens (tertiary/aromatic N) is 2. The number of rotatable bonds is 4. The van der Waals surface area contributed by atoms with Crippen LogP contribution in [0.2, 0.25) is 0 Å². The minimum absolute atomic E-state index is 0.0809. The molecule has 0 amide bonds. The first-order valence-electron chi connectivity index (χ1n) is 6.52. The first-order chi connectivity index (χ1) is 9.65. The smallest absolute Gasteiger partial charge is 0.265 e. The fraction of sp³-hybridized carbons (Fsp3) is 0.385. The fourth-order valence-corrected chi connectivity index (χ4v) is 3.36. The summed E-state index contributed by atoms with van der Waals surface area (Å²) in [5, 5.41) is 0. The Balaban J connectivity index is 1.75. The van der Waals surface area contributed by atoms with Gasteiger partial charge in [-0.25, -0.2) is 18.4 Å². The van der Waals surface area contributed by atoms with Crippen molar-refractivity contribution in [1.29, 1.82) is 0 Å². The maximum atomic E-state index is 12.0. The standard InChI is InChI=1S/C13H15N3O3S/c17-20(18,12-5-6-19-9-12)16-11-7-14-13(15-8-11)10-3-1-2-4-10/h5-10,16H,1-4H2. The van der Waals surface area contributed by atoms with E-state index in [1.54, 1.807) is 0 Å². The molecule has 1 N–H and O–H groups in total. The van der Waals surface area contributed by atoms with E-state index in [-0.39, 0.29) is 4.90 Å². The summed E-state index contributed by atoms with van der Waals surface area (Å²) >= 11 is 0. The molecule has 0 saturated heterocycles. The summed E-state index contributed by atoms with van der Waals surface area (Å²) in [6, 6.07) is 1.39. The molecule has 3 rings (SSSR count). The highest BCUT2D eigenvalue weighted by atomic mass is 32.2. The van der Waals surface area contributed by atoms with Crippen LogP contribution in [-0.4, -0.2) is 18.4 Å². The van der Waals surface area contributed by atoms with E-state index in [0.717, 1.165) is 18.7 Å².